The molecule has 198 valence electrons. The highest BCUT2D eigenvalue weighted by atomic mass is 127. The molecular formula is C39H24INO. The number of halogens is 1. The molecule has 0 aliphatic heterocycles. The lowest BCUT2D eigenvalue weighted by Gasteiger charge is -2.09. The van der Waals surface area contributed by atoms with Gasteiger partial charge >= 0.3 is 0 Å². The van der Waals surface area contributed by atoms with E-state index >= 15 is 0 Å². The number of nitrogens with zero attached hydrogens (tertiary/aromatic N) is 1. The van der Waals surface area contributed by atoms with Crippen molar-refractivity contribution in [2.24, 2.45) is 0 Å². The summed E-state index contributed by atoms with van der Waals surface area (Å²) in [7, 11) is 0. The fraction of sp³-hybridized carbons (Fsp3) is 0. The molecule has 0 saturated heterocycles. The first-order valence-electron chi connectivity index (χ1n) is 14.0. The first kappa shape index (κ1) is 25.0. The first-order chi connectivity index (χ1) is 20.7. The molecule has 2 heterocycles. The third-order valence-electron chi connectivity index (χ3n) is 8.04. The molecule has 0 spiro atoms. The Kier molecular flexibility index (Phi) is 6.11. The van der Waals surface area contributed by atoms with Crippen LogP contribution in [-0.2, 0) is 0 Å². The van der Waals surface area contributed by atoms with E-state index in [1.165, 1.54) is 58.9 Å². The number of hydrogen-bond acceptors (Lipinski definition) is 2. The lowest BCUT2D eigenvalue weighted by Crippen LogP contribution is -1.84. The maximum Gasteiger partial charge on any atom is 0.227 e. The molecule has 0 amide bonds. The number of rotatable bonds is 4. The summed E-state index contributed by atoms with van der Waals surface area (Å²) in [5.74, 6) is 0. The Balaban J connectivity index is 1.05. The topological polar surface area (TPSA) is 26.0 Å². The van der Waals surface area contributed by atoms with Gasteiger partial charge in [0, 0.05) is 20.5 Å². The number of furan rings is 1. The van der Waals surface area contributed by atoms with Gasteiger partial charge in [-0.25, -0.2) is 4.98 Å². The van der Waals surface area contributed by atoms with Gasteiger partial charge in [-0.05, 0) is 126 Å². The SMILES string of the molecule is Ic1ccc(-c2ccc(-c3ccc4cc(-c5ccc(-c6ccc7oc8ncccc8c7c6)cc5)ccc4c3)cc2)cc1. The summed E-state index contributed by atoms with van der Waals surface area (Å²) >= 11 is 2.34. The van der Waals surface area contributed by atoms with Gasteiger partial charge in [-0.15, -0.1) is 0 Å². The number of benzene rings is 6. The molecule has 0 atom stereocenters. The predicted molar refractivity (Wildman–Crippen MR) is 183 cm³/mol. The van der Waals surface area contributed by atoms with Gasteiger partial charge in [0.15, 0.2) is 0 Å². The van der Waals surface area contributed by atoms with Crippen molar-refractivity contribution < 1.29 is 4.42 Å². The van der Waals surface area contributed by atoms with Crippen molar-refractivity contribution in [1.29, 1.82) is 0 Å². The van der Waals surface area contributed by atoms with E-state index in [2.05, 4.69) is 155 Å². The molecule has 0 radical (unpaired) electrons. The predicted octanol–water partition coefficient (Wildman–Crippen LogP) is 11.4. The third-order valence-corrected chi connectivity index (χ3v) is 8.75. The Labute approximate surface area is 257 Å². The van der Waals surface area contributed by atoms with Crippen LogP contribution in [0.1, 0.15) is 0 Å². The minimum absolute atomic E-state index is 0.680. The van der Waals surface area contributed by atoms with Crippen molar-refractivity contribution >= 4 is 55.4 Å². The number of pyridine rings is 1. The van der Waals surface area contributed by atoms with Gasteiger partial charge in [-0.2, -0.15) is 0 Å². The van der Waals surface area contributed by atoms with Gasteiger partial charge < -0.3 is 4.42 Å². The van der Waals surface area contributed by atoms with E-state index in [-0.39, 0.29) is 0 Å². The molecule has 8 aromatic rings. The fourth-order valence-electron chi connectivity index (χ4n) is 5.75. The molecule has 6 aromatic carbocycles. The van der Waals surface area contributed by atoms with Crippen LogP contribution in [0.15, 0.2) is 150 Å². The van der Waals surface area contributed by atoms with Crippen molar-refractivity contribution in [3.05, 3.63) is 149 Å². The monoisotopic (exact) mass is 649 g/mol. The van der Waals surface area contributed by atoms with Gasteiger partial charge in [-0.1, -0.05) is 91.0 Å². The molecule has 0 N–H and O–H groups in total. The Bertz CT molecular complexity index is 2230. The van der Waals surface area contributed by atoms with E-state index in [0.29, 0.717) is 5.71 Å². The van der Waals surface area contributed by atoms with Gasteiger partial charge in [0.1, 0.15) is 5.58 Å². The highest BCUT2D eigenvalue weighted by Gasteiger charge is 2.10. The fourth-order valence-corrected chi connectivity index (χ4v) is 6.11. The molecule has 0 saturated carbocycles. The summed E-state index contributed by atoms with van der Waals surface area (Å²) in [6.07, 6.45) is 1.77. The zero-order valence-corrected chi connectivity index (χ0v) is 24.7. The zero-order chi connectivity index (χ0) is 28.0. The van der Waals surface area contributed by atoms with Crippen molar-refractivity contribution in [1.82, 2.24) is 4.98 Å². The van der Waals surface area contributed by atoms with E-state index in [0.717, 1.165) is 16.4 Å². The lowest BCUT2D eigenvalue weighted by atomic mass is 9.95. The normalized spacial score (nSPS) is 11.5. The summed E-state index contributed by atoms with van der Waals surface area (Å²) in [5.41, 5.74) is 11.2. The average Bonchev–Trinajstić information content (AvgIpc) is 3.43. The van der Waals surface area contributed by atoms with Gasteiger partial charge in [0.2, 0.25) is 5.71 Å². The number of aromatic nitrogens is 1. The van der Waals surface area contributed by atoms with Crippen LogP contribution < -0.4 is 0 Å². The van der Waals surface area contributed by atoms with Crippen LogP contribution in [0.4, 0.5) is 0 Å². The van der Waals surface area contributed by atoms with Crippen molar-refractivity contribution in [3.63, 3.8) is 0 Å². The van der Waals surface area contributed by atoms with Crippen molar-refractivity contribution in [2.75, 3.05) is 0 Å². The van der Waals surface area contributed by atoms with E-state index in [9.17, 15) is 0 Å². The highest BCUT2D eigenvalue weighted by molar-refractivity contribution is 14.1. The van der Waals surface area contributed by atoms with Crippen LogP contribution in [0.2, 0.25) is 0 Å². The maximum atomic E-state index is 5.90. The van der Waals surface area contributed by atoms with Gasteiger partial charge in [0.05, 0.1) is 0 Å². The third kappa shape index (κ3) is 4.56. The van der Waals surface area contributed by atoms with Crippen LogP contribution in [0, 0.1) is 3.57 Å². The Morgan fingerprint density at radius 3 is 1.45 bits per heavy atom. The Morgan fingerprint density at radius 2 is 0.881 bits per heavy atom. The molecule has 0 aliphatic carbocycles. The van der Waals surface area contributed by atoms with Crippen LogP contribution in [0.25, 0.3) is 77.3 Å². The molecule has 0 unspecified atom stereocenters. The van der Waals surface area contributed by atoms with Crippen LogP contribution in [0.3, 0.4) is 0 Å². The van der Waals surface area contributed by atoms with Gasteiger partial charge in [0.25, 0.3) is 0 Å². The maximum absolute atomic E-state index is 5.90. The van der Waals surface area contributed by atoms with Crippen molar-refractivity contribution in [3.8, 4) is 44.5 Å². The molecule has 3 heteroatoms. The first-order valence-corrected chi connectivity index (χ1v) is 15.0. The number of hydrogen-bond donors (Lipinski definition) is 0. The Morgan fingerprint density at radius 1 is 0.429 bits per heavy atom. The molecule has 42 heavy (non-hydrogen) atoms. The molecule has 0 bridgehead atoms. The smallest absolute Gasteiger partial charge is 0.227 e. The molecular weight excluding hydrogens is 625 g/mol. The molecule has 2 aromatic heterocycles. The summed E-state index contributed by atoms with van der Waals surface area (Å²) < 4.78 is 7.15. The Hall–Kier alpha value is -4.74. The average molecular weight is 650 g/mol. The highest BCUT2D eigenvalue weighted by Crippen LogP contribution is 2.34. The lowest BCUT2D eigenvalue weighted by molar-refractivity contribution is 0.654. The second-order valence-electron chi connectivity index (χ2n) is 10.6. The minimum Gasteiger partial charge on any atom is -0.438 e. The van der Waals surface area contributed by atoms with Crippen molar-refractivity contribution in [2.45, 2.75) is 0 Å². The van der Waals surface area contributed by atoms with Gasteiger partial charge in [-0.3, -0.25) is 0 Å². The standard InChI is InChI=1S/C39H24INO/c40-35-18-15-26(16-19-35)25-3-5-27(6-4-25)30-11-13-33-23-31(12-14-32(33)22-30)28-7-9-29(10-8-28)34-17-20-38-37(24-34)36-2-1-21-41-39(36)42-38/h1-24H. The van der Waals surface area contributed by atoms with Crippen LogP contribution in [-0.4, -0.2) is 4.98 Å². The molecule has 0 aliphatic rings. The summed E-state index contributed by atoms with van der Waals surface area (Å²) in [6.45, 7) is 0. The van der Waals surface area contributed by atoms with E-state index in [1.54, 1.807) is 6.20 Å². The largest absolute Gasteiger partial charge is 0.438 e. The second kappa shape index (κ2) is 10.3. The summed E-state index contributed by atoms with van der Waals surface area (Å²) in [6, 6.07) is 50.2. The van der Waals surface area contributed by atoms with E-state index < -0.39 is 0 Å². The molecule has 0 fully saturated rings. The summed E-state index contributed by atoms with van der Waals surface area (Å²) in [5, 5.41) is 4.62. The molecule has 2 nitrogen and oxygen atoms in total. The van der Waals surface area contributed by atoms with E-state index in [4.69, 9.17) is 4.42 Å². The molecule has 8 rings (SSSR count). The minimum atomic E-state index is 0.680. The second-order valence-corrected chi connectivity index (χ2v) is 11.9. The quantitative estimate of drug-likeness (QED) is 0.177. The van der Waals surface area contributed by atoms with Crippen LogP contribution in [0.5, 0.6) is 0 Å². The zero-order valence-electron chi connectivity index (χ0n) is 22.6. The summed E-state index contributed by atoms with van der Waals surface area (Å²) in [4.78, 5) is 4.36. The van der Waals surface area contributed by atoms with E-state index in [1.807, 2.05) is 12.1 Å². The number of fused-ring (bicyclic) bond motifs is 4. The van der Waals surface area contributed by atoms with Crippen LogP contribution >= 0.6 is 22.6 Å².